The number of nitrogens with one attached hydrogen (secondary N) is 1. The maximum Gasteiger partial charge on any atom is 0.223 e. The summed E-state index contributed by atoms with van der Waals surface area (Å²) in [5.41, 5.74) is 3.17. The molecule has 6 heteroatoms. The number of nitrogens with zero attached hydrogens (tertiary/aromatic N) is 2. The van der Waals surface area contributed by atoms with E-state index in [1.165, 1.54) is 0 Å². The quantitative estimate of drug-likeness (QED) is 0.857. The van der Waals surface area contributed by atoms with E-state index in [4.69, 9.17) is 9.47 Å². The van der Waals surface area contributed by atoms with Gasteiger partial charge in [0.2, 0.25) is 5.91 Å². The second kappa shape index (κ2) is 7.04. The largest absolute Gasteiger partial charge is 0.383 e. The van der Waals surface area contributed by atoms with Crippen molar-refractivity contribution in [1.82, 2.24) is 15.1 Å². The molecule has 1 aliphatic rings. The number of ether oxygens (including phenoxy) is 2. The molecular weight excluding hydrogens is 270 g/mol. The number of H-pyrrole nitrogens is 1. The molecule has 1 saturated heterocycles. The monoisotopic (exact) mass is 295 g/mol. The Morgan fingerprint density at radius 1 is 1.43 bits per heavy atom. The van der Waals surface area contributed by atoms with E-state index in [-0.39, 0.29) is 18.1 Å². The predicted octanol–water partition coefficient (Wildman–Crippen LogP) is 1.22. The van der Waals surface area contributed by atoms with Crippen molar-refractivity contribution in [3.05, 3.63) is 17.0 Å². The Morgan fingerprint density at radius 3 is 2.76 bits per heavy atom. The first kappa shape index (κ1) is 16.0. The van der Waals surface area contributed by atoms with Gasteiger partial charge in [-0.25, -0.2) is 0 Å². The highest BCUT2D eigenvalue weighted by Gasteiger charge is 2.34. The van der Waals surface area contributed by atoms with Gasteiger partial charge in [-0.1, -0.05) is 0 Å². The molecule has 1 aromatic heterocycles. The van der Waals surface area contributed by atoms with E-state index in [9.17, 15) is 4.79 Å². The van der Waals surface area contributed by atoms with Gasteiger partial charge in [-0.2, -0.15) is 5.10 Å². The molecule has 6 nitrogen and oxygen atoms in total. The van der Waals surface area contributed by atoms with Crippen LogP contribution in [0.5, 0.6) is 0 Å². The lowest BCUT2D eigenvalue weighted by atomic mass is 10.1. The van der Waals surface area contributed by atoms with E-state index in [0.717, 1.165) is 29.8 Å². The summed E-state index contributed by atoms with van der Waals surface area (Å²) in [4.78, 5) is 14.4. The van der Waals surface area contributed by atoms with Gasteiger partial charge in [-0.3, -0.25) is 9.89 Å². The summed E-state index contributed by atoms with van der Waals surface area (Å²) in [5.74, 6) is 0.164. The number of aromatic nitrogens is 2. The van der Waals surface area contributed by atoms with E-state index < -0.39 is 0 Å². The molecule has 2 atom stereocenters. The number of carbonyl (C=O) groups is 1. The SMILES string of the molecule is COC[C@@H]1C[C@@H](OC)CN1C(=O)CCc1c(C)n[nH]c1C. The standard InChI is InChI=1S/C15H25N3O3/c1-10-14(11(2)17-16-10)5-6-15(19)18-8-13(21-4)7-12(18)9-20-3/h12-13H,5-9H2,1-4H3,(H,16,17)/t12-,13+/m0/s1. The first-order chi connectivity index (χ1) is 10.1. The molecule has 0 unspecified atom stereocenters. The van der Waals surface area contributed by atoms with Gasteiger partial charge >= 0.3 is 0 Å². The first-order valence-corrected chi connectivity index (χ1v) is 7.38. The van der Waals surface area contributed by atoms with Crippen molar-refractivity contribution in [2.24, 2.45) is 0 Å². The van der Waals surface area contributed by atoms with Gasteiger partial charge in [0.15, 0.2) is 0 Å². The Hall–Kier alpha value is -1.40. The fourth-order valence-corrected chi connectivity index (χ4v) is 3.02. The van der Waals surface area contributed by atoms with Gasteiger partial charge in [0.05, 0.1) is 24.4 Å². The van der Waals surface area contributed by atoms with Crippen molar-refractivity contribution in [2.75, 3.05) is 27.4 Å². The van der Waals surface area contributed by atoms with Crippen LogP contribution in [0, 0.1) is 13.8 Å². The molecule has 21 heavy (non-hydrogen) atoms. The van der Waals surface area contributed by atoms with E-state index in [1.54, 1.807) is 14.2 Å². The van der Waals surface area contributed by atoms with E-state index >= 15 is 0 Å². The molecule has 0 aromatic carbocycles. The third-order valence-corrected chi connectivity index (χ3v) is 4.26. The molecule has 0 bridgehead atoms. The van der Waals surface area contributed by atoms with Gasteiger partial charge < -0.3 is 14.4 Å². The minimum Gasteiger partial charge on any atom is -0.383 e. The zero-order valence-corrected chi connectivity index (χ0v) is 13.3. The molecule has 0 radical (unpaired) electrons. The van der Waals surface area contributed by atoms with Crippen LogP contribution in [-0.2, 0) is 20.7 Å². The number of aryl methyl sites for hydroxylation is 2. The van der Waals surface area contributed by atoms with E-state index in [0.29, 0.717) is 19.6 Å². The summed E-state index contributed by atoms with van der Waals surface area (Å²) in [6.07, 6.45) is 2.19. The average Bonchev–Trinajstić information content (AvgIpc) is 3.01. The van der Waals surface area contributed by atoms with Crippen molar-refractivity contribution in [3.8, 4) is 0 Å². The molecule has 0 aliphatic carbocycles. The number of rotatable bonds is 6. The smallest absolute Gasteiger partial charge is 0.223 e. The molecule has 0 spiro atoms. The number of hydrogen-bond acceptors (Lipinski definition) is 4. The summed E-state index contributed by atoms with van der Waals surface area (Å²) in [5, 5.41) is 7.13. The van der Waals surface area contributed by atoms with Crippen LogP contribution < -0.4 is 0 Å². The lowest BCUT2D eigenvalue weighted by Gasteiger charge is -2.23. The normalized spacial score (nSPS) is 22.0. The number of amides is 1. The summed E-state index contributed by atoms with van der Waals surface area (Å²) in [6.45, 7) is 5.18. The topological polar surface area (TPSA) is 67.5 Å². The van der Waals surface area contributed by atoms with Crippen LogP contribution in [0.2, 0.25) is 0 Å². The predicted molar refractivity (Wildman–Crippen MR) is 79.2 cm³/mol. The maximum absolute atomic E-state index is 12.5. The molecule has 118 valence electrons. The van der Waals surface area contributed by atoms with Crippen molar-refractivity contribution in [1.29, 1.82) is 0 Å². The number of hydrogen-bond donors (Lipinski definition) is 1. The molecule has 0 saturated carbocycles. The minimum atomic E-state index is 0.117. The van der Waals surface area contributed by atoms with Crippen LogP contribution in [0.3, 0.4) is 0 Å². The van der Waals surface area contributed by atoms with Crippen LogP contribution in [-0.4, -0.2) is 60.5 Å². The number of aromatic amines is 1. The molecular formula is C15H25N3O3. The second-order valence-electron chi connectivity index (χ2n) is 5.66. The third-order valence-electron chi connectivity index (χ3n) is 4.26. The van der Waals surface area contributed by atoms with Crippen LogP contribution in [0.25, 0.3) is 0 Å². The van der Waals surface area contributed by atoms with Gasteiger partial charge in [0.1, 0.15) is 0 Å². The van der Waals surface area contributed by atoms with Crippen LogP contribution in [0.4, 0.5) is 0 Å². The van der Waals surface area contributed by atoms with Crippen molar-refractivity contribution < 1.29 is 14.3 Å². The highest BCUT2D eigenvalue weighted by Crippen LogP contribution is 2.22. The fourth-order valence-electron chi connectivity index (χ4n) is 3.02. The van der Waals surface area contributed by atoms with Crippen LogP contribution in [0.1, 0.15) is 29.8 Å². The number of likely N-dealkylation sites (tertiary alicyclic amines) is 1. The molecule has 1 amide bonds. The minimum absolute atomic E-state index is 0.117. The van der Waals surface area contributed by atoms with Crippen molar-refractivity contribution in [2.45, 2.75) is 45.3 Å². The zero-order chi connectivity index (χ0) is 15.4. The van der Waals surface area contributed by atoms with Crippen molar-refractivity contribution in [3.63, 3.8) is 0 Å². The van der Waals surface area contributed by atoms with Crippen LogP contribution >= 0.6 is 0 Å². The molecule has 1 fully saturated rings. The molecule has 1 aromatic rings. The molecule has 2 rings (SSSR count). The molecule has 1 aliphatic heterocycles. The van der Waals surface area contributed by atoms with Gasteiger partial charge in [-0.15, -0.1) is 0 Å². The summed E-state index contributed by atoms with van der Waals surface area (Å²) in [6, 6.07) is 0.124. The first-order valence-electron chi connectivity index (χ1n) is 7.38. The molecule has 1 N–H and O–H groups in total. The fraction of sp³-hybridized carbons (Fsp3) is 0.733. The Balaban J connectivity index is 1.95. The summed E-state index contributed by atoms with van der Waals surface area (Å²) in [7, 11) is 3.36. The van der Waals surface area contributed by atoms with Crippen LogP contribution in [0.15, 0.2) is 0 Å². The number of methoxy groups -OCH3 is 2. The summed E-state index contributed by atoms with van der Waals surface area (Å²) < 4.78 is 10.6. The summed E-state index contributed by atoms with van der Waals surface area (Å²) >= 11 is 0. The third kappa shape index (κ3) is 3.63. The van der Waals surface area contributed by atoms with Gasteiger partial charge in [-0.05, 0) is 32.3 Å². The Kier molecular flexibility index (Phi) is 5.36. The lowest BCUT2D eigenvalue weighted by molar-refractivity contribution is -0.133. The highest BCUT2D eigenvalue weighted by atomic mass is 16.5. The second-order valence-corrected chi connectivity index (χ2v) is 5.66. The van der Waals surface area contributed by atoms with Gasteiger partial charge in [0.25, 0.3) is 0 Å². The Labute approximate surface area is 125 Å². The van der Waals surface area contributed by atoms with E-state index in [2.05, 4.69) is 10.2 Å². The van der Waals surface area contributed by atoms with Crippen molar-refractivity contribution >= 4 is 5.91 Å². The average molecular weight is 295 g/mol. The lowest BCUT2D eigenvalue weighted by Crippen LogP contribution is -2.38. The highest BCUT2D eigenvalue weighted by molar-refractivity contribution is 5.77. The van der Waals surface area contributed by atoms with E-state index in [1.807, 2.05) is 18.7 Å². The Morgan fingerprint density at radius 2 is 2.19 bits per heavy atom. The molecule has 2 heterocycles. The maximum atomic E-state index is 12.5. The van der Waals surface area contributed by atoms with Gasteiger partial charge in [0, 0.05) is 32.9 Å². The Bertz CT molecular complexity index is 467. The number of carbonyl (C=O) groups excluding carboxylic acids is 1. The zero-order valence-electron chi connectivity index (χ0n) is 13.3.